The predicted molar refractivity (Wildman–Crippen MR) is 132 cm³/mol. The molecule has 3 fully saturated rings. The number of piperidine rings is 2. The number of likely N-dealkylation sites (N-methyl/N-ethyl adjacent to an activating group) is 1. The van der Waals surface area contributed by atoms with E-state index in [0.717, 1.165) is 47.5 Å². The number of anilines is 1. The number of nitrogens with zero attached hydrogens (tertiary/aromatic N) is 5. The first-order chi connectivity index (χ1) is 16.0. The second kappa shape index (κ2) is 7.60. The zero-order valence-corrected chi connectivity index (χ0v) is 19.9. The SMILES string of the molecule is CCn1cc2c(Cl)c(-c3c[nH]c4nc(N5C[C@@H]6CC[C@@H]5[C@H](NC)C6)n(C)c(=O)c34)ccc2n1. The van der Waals surface area contributed by atoms with E-state index in [-0.39, 0.29) is 5.56 Å². The zero-order chi connectivity index (χ0) is 22.9. The van der Waals surface area contributed by atoms with E-state index in [2.05, 4.69) is 20.3 Å². The lowest BCUT2D eigenvalue weighted by atomic mass is 9.76. The number of aromatic amines is 1. The largest absolute Gasteiger partial charge is 0.345 e. The van der Waals surface area contributed by atoms with E-state index in [4.69, 9.17) is 16.6 Å². The van der Waals surface area contributed by atoms with Crippen LogP contribution in [0.4, 0.5) is 5.95 Å². The molecule has 3 aliphatic rings. The summed E-state index contributed by atoms with van der Waals surface area (Å²) >= 11 is 6.81. The van der Waals surface area contributed by atoms with Crippen LogP contribution in [0.25, 0.3) is 33.1 Å². The molecule has 0 unspecified atom stereocenters. The fourth-order valence-corrected chi connectivity index (χ4v) is 6.14. The number of benzene rings is 1. The molecule has 172 valence electrons. The summed E-state index contributed by atoms with van der Waals surface area (Å²) in [5.41, 5.74) is 2.97. The number of aromatic nitrogens is 5. The van der Waals surface area contributed by atoms with Crippen LogP contribution in [0.3, 0.4) is 0 Å². The molecule has 1 aromatic carbocycles. The second-order valence-electron chi connectivity index (χ2n) is 9.34. The highest BCUT2D eigenvalue weighted by atomic mass is 35.5. The number of aryl methyl sites for hydroxylation is 1. The highest BCUT2D eigenvalue weighted by Crippen LogP contribution is 2.39. The molecule has 1 aliphatic carbocycles. The maximum atomic E-state index is 13.6. The lowest BCUT2D eigenvalue weighted by molar-refractivity contribution is 0.197. The van der Waals surface area contributed by atoms with Gasteiger partial charge in [0.05, 0.1) is 15.9 Å². The molecule has 1 saturated carbocycles. The van der Waals surface area contributed by atoms with Gasteiger partial charge in [-0.15, -0.1) is 0 Å². The minimum absolute atomic E-state index is 0.0610. The highest BCUT2D eigenvalue weighted by Gasteiger charge is 2.41. The van der Waals surface area contributed by atoms with Crippen molar-refractivity contribution < 1.29 is 0 Å². The van der Waals surface area contributed by atoms with Crippen LogP contribution in [-0.4, -0.2) is 50.0 Å². The van der Waals surface area contributed by atoms with Gasteiger partial charge in [0.25, 0.3) is 5.56 Å². The molecule has 0 amide bonds. The average molecular weight is 466 g/mol. The van der Waals surface area contributed by atoms with E-state index < -0.39 is 0 Å². The summed E-state index contributed by atoms with van der Waals surface area (Å²) < 4.78 is 3.57. The average Bonchev–Trinajstić information content (AvgIpc) is 3.46. The molecule has 4 aromatic rings. The van der Waals surface area contributed by atoms with Crippen LogP contribution >= 0.6 is 11.6 Å². The molecule has 0 spiro atoms. The van der Waals surface area contributed by atoms with Crippen LogP contribution in [0.2, 0.25) is 5.02 Å². The molecule has 8 nitrogen and oxygen atoms in total. The number of halogens is 1. The predicted octanol–water partition coefficient (Wildman–Crippen LogP) is 3.53. The van der Waals surface area contributed by atoms with E-state index in [1.54, 1.807) is 4.57 Å². The first-order valence-corrected chi connectivity index (χ1v) is 12.1. The quantitative estimate of drug-likeness (QED) is 0.481. The van der Waals surface area contributed by atoms with Crippen molar-refractivity contribution in [2.24, 2.45) is 13.0 Å². The number of hydrogen-bond acceptors (Lipinski definition) is 5. The number of H-pyrrole nitrogens is 1. The van der Waals surface area contributed by atoms with Gasteiger partial charge in [-0.25, -0.2) is 0 Å². The fraction of sp³-hybridized carbons (Fsp3) is 0.458. The van der Waals surface area contributed by atoms with Crippen molar-refractivity contribution in [1.29, 1.82) is 0 Å². The zero-order valence-electron chi connectivity index (χ0n) is 19.1. The molecule has 9 heteroatoms. The summed E-state index contributed by atoms with van der Waals surface area (Å²) in [4.78, 5) is 24.2. The van der Waals surface area contributed by atoms with E-state index in [0.29, 0.717) is 34.1 Å². The van der Waals surface area contributed by atoms with Gasteiger partial charge in [-0.3, -0.25) is 14.0 Å². The highest BCUT2D eigenvalue weighted by molar-refractivity contribution is 6.38. The number of rotatable bonds is 4. The van der Waals surface area contributed by atoms with Gasteiger partial charge in [-0.2, -0.15) is 10.1 Å². The van der Waals surface area contributed by atoms with Crippen LogP contribution in [-0.2, 0) is 13.6 Å². The molecule has 3 aromatic heterocycles. The van der Waals surface area contributed by atoms with E-state index in [9.17, 15) is 4.79 Å². The van der Waals surface area contributed by atoms with Crippen molar-refractivity contribution in [2.45, 2.75) is 44.8 Å². The van der Waals surface area contributed by atoms with Crippen LogP contribution in [0.1, 0.15) is 26.2 Å². The summed E-state index contributed by atoms with van der Waals surface area (Å²) in [5, 5.41) is 10.1. The van der Waals surface area contributed by atoms with E-state index >= 15 is 0 Å². The summed E-state index contributed by atoms with van der Waals surface area (Å²) in [6.45, 7) is 3.76. The second-order valence-corrected chi connectivity index (χ2v) is 9.72. The summed E-state index contributed by atoms with van der Waals surface area (Å²) in [6.07, 6.45) is 7.36. The Labute approximate surface area is 196 Å². The minimum atomic E-state index is -0.0610. The monoisotopic (exact) mass is 465 g/mol. The Hall–Kier alpha value is -2.84. The number of fused-ring (bicyclic) bond motifs is 5. The summed E-state index contributed by atoms with van der Waals surface area (Å²) in [7, 11) is 3.86. The third kappa shape index (κ3) is 3.04. The third-order valence-corrected chi connectivity index (χ3v) is 7.99. The maximum Gasteiger partial charge on any atom is 0.264 e. The van der Waals surface area contributed by atoms with Gasteiger partial charge in [0, 0.05) is 61.1 Å². The van der Waals surface area contributed by atoms with Crippen molar-refractivity contribution in [1.82, 2.24) is 29.6 Å². The van der Waals surface area contributed by atoms with Gasteiger partial charge >= 0.3 is 0 Å². The molecule has 7 rings (SSSR count). The Bertz CT molecular complexity index is 1430. The molecule has 2 aliphatic heterocycles. The first kappa shape index (κ1) is 20.7. The number of nitrogens with one attached hydrogen (secondary N) is 2. The van der Waals surface area contributed by atoms with E-state index in [1.165, 1.54) is 12.8 Å². The molecule has 2 saturated heterocycles. The van der Waals surface area contributed by atoms with Crippen molar-refractivity contribution in [3.63, 3.8) is 0 Å². The molecule has 0 radical (unpaired) electrons. The van der Waals surface area contributed by atoms with Gasteiger partial charge in [0.1, 0.15) is 5.65 Å². The smallest absolute Gasteiger partial charge is 0.264 e. The minimum Gasteiger partial charge on any atom is -0.345 e. The van der Waals surface area contributed by atoms with Crippen molar-refractivity contribution in [3.8, 4) is 11.1 Å². The fourth-order valence-electron chi connectivity index (χ4n) is 5.83. The number of hydrogen-bond donors (Lipinski definition) is 2. The summed E-state index contributed by atoms with van der Waals surface area (Å²) in [6, 6.07) is 4.68. The Morgan fingerprint density at radius 2 is 2.12 bits per heavy atom. The van der Waals surface area contributed by atoms with Crippen molar-refractivity contribution in [2.75, 3.05) is 18.5 Å². The van der Waals surface area contributed by atoms with Crippen LogP contribution in [0, 0.1) is 5.92 Å². The van der Waals surface area contributed by atoms with E-state index in [1.807, 2.05) is 50.2 Å². The lowest BCUT2D eigenvalue weighted by Gasteiger charge is -2.50. The molecular formula is C24H28ClN7O. The Kier molecular flexibility index (Phi) is 4.78. The maximum absolute atomic E-state index is 13.6. The van der Waals surface area contributed by atoms with Gasteiger partial charge in [0.2, 0.25) is 5.95 Å². The summed E-state index contributed by atoms with van der Waals surface area (Å²) in [5.74, 6) is 1.37. The molecule has 2 bridgehead atoms. The van der Waals surface area contributed by atoms with Gasteiger partial charge in [-0.1, -0.05) is 17.7 Å². The molecule has 33 heavy (non-hydrogen) atoms. The standard InChI is InChI=1S/C24H28ClN7O/c1-4-31-12-16-17(29-31)7-6-14(21(16)25)15-10-27-22-20(15)23(33)30(3)24(28-22)32-11-13-5-8-19(32)18(9-13)26-2/h6-7,10,12-13,18-19,26-27H,4-5,8-9,11H2,1-3H3/t13-,18-,19-/m1/s1. The van der Waals surface area contributed by atoms with Crippen LogP contribution in [0.15, 0.2) is 29.3 Å². The first-order valence-electron chi connectivity index (χ1n) is 11.7. The Morgan fingerprint density at radius 1 is 1.27 bits per heavy atom. The van der Waals surface area contributed by atoms with Gasteiger partial charge < -0.3 is 15.2 Å². The van der Waals surface area contributed by atoms with Crippen LogP contribution < -0.4 is 15.8 Å². The normalized spacial score (nSPS) is 22.7. The molecule has 3 atom stereocenters. The van der Waals surface area contributed by atoms with Gasteiger partial charge in [-0.05, 0) is 45.2 Å². The van der Waals surface area contributed by atoms with Crippen molar-refractivity contribution >= 4 is 39.5 Å². The van der Waals surface area contributed by atoms with Crippen LogP contribution in [0.5, 0.6) is 0 Å². The molecule has 2 N–H and O–H groups in total. The molecule has 5 heterocycles. The lowest BCUT2D eigenvalue weighted by Crippen LogP contribution is -2.60. The Morgan fingerprint density at radius 3 is 2.88 bits per heavy atom. The Balaban J connectivity index is 1.48. The third-order valence-electron chi connectivity index (χ3n) is 7.58. The van der Waals surface area contributed by atoms with Gasteiger partial charge in [0.15, 0.2) is 0 Å². The molecular weight excluding hydrogens is 438 g/mol. The topological polar surface area (TPSA) is 83.8 Å². The van der Waals surface area contributed by atoms with Crippen molar-refractivity contribution in [3.05, 3.63) is 39.9 Å².